The number of rotatable bonds is 5. The quantitative estimate of drug-likeness (QED) is 0.819. The van der Waals surface area contributed by atoms with Crippen molar-refractivity contribution < 1.29 is 18.3 Å². The topological polar surface area (TPSA) is 65.2 Å². The molecule has 0 saturated carbocycles. The lowest BCUT2D eigenvalue weighted by molar-refractivity contribution is -0.142. The van der Waals surface area contributed by atoms with Crippen LogP contribution in [-0.4, -0.2) is 17.6 Å². The van der Waals surface area contributed by atoms with Crippen molar-refractivity contribution in [2.24, 2.45) is 5.73 Å². The van der Waals surface area contributed by atoms with E-state index in [0.717, 1.165) is 0 Å². The van der Waals surface area contributed by atoms with Crippen LogP contribution in [0, 0.1) is 6.92 Å². The smallest absolute Gasteiger partial charge is 0.310 e. The van der Waals surface area contributed by atoms with Crippen LogP contribution < -0.4 is 5.73 Å². The Balaban J connectivity index is 3.08. The van der Waals surface area contributed by atoms with E-state index in [1.54, 1.807) is 6.92 Å². The Hall–Kier alpha value is -1.56. The summed E-state index contributed by atoms with van der Waals surface area (Å²) >= 11 is 0. The lowest BCUT2D eigenvalue weighted by Gasteiger charge is -2.11. The molecule has 0 aliphatic carbocycles. The van der Waals surface area contributed by atoms with Gasteiger partial charge in [-0.1, -0.05) is 0 Å². The van der Waals surface area contributed by atoms with Crippen LogP contribution >= 0.6 is 0 Å². The molecule has 1 rings (SSSR count). The molecule has 0 atom stereocenters. The molecule has 0 radical (unpaired) electrons. The summed E-state index contributed by atoms with van der Waals surface area (Å²) in [5, 5.41) is 0. The van der Waals surface area contributed by atoms with Gasteiger partial charge in [0, 0.05) is 17.8 Å². The van der Waals surface area contributed by atoms with E-state index in [1.165, 1.54) is 13.0 Å². The highest BCUT2D eigenvalue weighted by atomic mass is 19.3. The summed E-state index contributed by atoms with van der Waals surface area (Å²) < 4.78 is 30.3. The first kappa shape index (κ1) is 14.5. The zero-order valence-electron chi connectivity index (χ0n) is 10.4. The first-order chi connectivity index (χ1) is 8.49. The fourth-order valence-corrected chi connectivity index (χ4v) is 1.63. The normalized spacial score (nSPS) is 10.8. The van der Waals surface area contributed by atoms with E-state index < -0.39 is 12.4 Å². The monoisotopic (exact) mass is 258 g/mol. The van der Waals surface area contributed by atoms with Crippen LogP contribution in [0.25, 0.3) is 0 Å². The molecule has 100 valence electrons. The minimum absolute atomic E-state index is 0.0899. The maximum atomic E-state index is 12.7. The zero-order valence-corrected chi connectivity index (χ0v) is 10.4. The molecule has 0 fully saturated rings. The van der Waals surface area contributed by atoms with Crippen molar-refractivity contribution in [3.63, 3.8) is 0 Å². The molecule has 0 aliphatic rings. The number of halogens is 2. The van der Waals surface area contributed by atoms with E-state index in [9.17, 15) is 13.6 Å². The van der Waals surface area contributed by atoms with E-state index in [-0.39, 0.29) is 30.8 Å². The van der Waals surface area contributed by atoms with Crippen molar-refractivity contribution in [2.75, 3.05) is 6.61 Å². The second kappa shape index (κ2) is 6.39. The second-order valence-corrected chi connectivity index (χ2v) is 3.76. The Morgan fingerprint density at radius 3 is 2.72 bits per heavy atom. The number of aromatic nitrogens is 1. The van der Waals surface area contributed by atoms with Gasteiger partial charge in [-0.3, -0.25) is 9.78 Å². The number of pyridine rings is 1. The third-order valence-electron chi connectivity index (χ3n) is 2.49. The molecule has 18 heavy (non-hydrogen) atoms. The van der Waals surface area contributed by atoms with Gasteiger partial charge in [0.05, 0.1) is 18.7 Å². The molecule has 0 saturated heterocycles. The highest BCUT2D eigenvalue weighted by molar-refractivity contribution is 5.73. The average molecular weight is 258 g/mol. The standard InChI is InChI=1S/C12H16F2N2O2/c1-3-18-11(17)5-8-4-9(12(13)14)7(2)16-10(8)6-15/h4,12H,3,5-6,15H2,1-2H3. The Labute approximate surface area is 104 Å². The molecule has 0 bridgehead atoms. The third-order valence-corrected chi connectivity index (χ3v) is 2.49. The van der Waals surface area contributed by atoms with Gasteiger partial charge >= 0.3 is 5.97 Å². The van der Waals surface area contributed by atoms with E-state index >= 15 is 0 Å². The van der Waals surface area contributed by atoms with Crippen molar-refractivity contribution in [1.82, 2.24) is 4.98 Å². The van der Waals surface area contributed by atoms with Crippen molar-refractivity contribution in [2.45, 2.75) is 33.2 Å². The molecule has 1 aromatic heterocycles. The number of carbonyl (C=O) groups excluding carboxylic acids is 1. The Bertz CT molecular complexity index is 436. The minimum atomic E-state index is -2.62. The van der Waals surface area contributed by atoms with Gasteiger partial charge in [0.2, 0.25) is 0 Å². The maximum Gasteiger partial charge on any atom is 0.310 e. The highest BCUT2D eigenvalue weighted by Crippen LogP contribution is 2.24. The predicted octanol–water partition coefficient (Wildman–Crippen LogP) is 1.89. The molecule has 0 aromatic carbocycles. The number of nitrogens with two attached hydrogens (primary N) is 1. The number of ether oxygens (including phenoxy) is 1. The molecule has 0 amide bonds. The van der Waals surface area contributed by atoms with E-state index in [1.807, 2.05) is 0 Å². The highest BCUT2D eigenvalue weighted by Gasteiger charge is 2.17. The number of esters is 1. The zero-order chi connectivity index (χ0) is 13.7. The molecule has 0 unspecified atom stereocenters. The van der Waals surface area contributed by atoms with Gasteiger partial charge in [-0.05, 0) is 25.5 Å². The molecule has 4 nitrogen and oxygen atoms in total. The van der Waals surface area contributed by atoms with Gasteiger partial charge in [0.1, 0.15) is 0 Å². The van der Waals surface area contributed by atoms with Crippen LogP contribution in [0.1, 0.15) is 35.9 Å². The van der Waals surface area contributed by atoms with Gasteiger partial charge in [-0.25, -0.2) is 8.78 Å². The summed E-state index contributed by atoms with van der Waals surface area (Å²) in [6.07, 6.45) is -2.71. The second-order valence-electron chi connectivity index (χ2n) is 3.76. The summed E-state index contributed by atoms with van der Waals surface area (Å²) in [5.41, 5.74) is 6.40. The van der Waals surface area contributed by atoms with Crippen LogP contribution in [0.4, 0.5) is 8.78 Å². The largest absolute Gasteiger partial charge is 0.466 e. The number of alkyl halides is 2. The van der Waals surface area contributed by atoms with Gasteiger partial charge in [-0.2, -0.15) is 0 Å². The molecular weight excluding hydrogens is 242 g/mol. The summed E-state index contributed by atoms with van der Waals surface area (Å²) in [5.74, 6) is -0.474. The lowest BCUT2D eigenvalue weighted by Crippen LogP contribution is -2.14. The van der Waals surface area contributed by atoms with Crippen molar-refractivity contribution >= 4 is 5.97 Å². The number of hydrogen-bond acceptors (Lipinski definition) is 4. The predicted molar refractivity (Wildman–Crippen MR) is 62.2 cm³/mol. The number of nitrogens with zero attached hydrogens (tertiary/aromatic N) is 1. The molecule has 1 aromatic rings. The van der Waals surface area contributed by atoms with Crippen molar-refractivity contribution in [1.29, 1.82) is 0 Å². The number of aryl methyl sites for hydroxylation is 1. The van der Waals surface area contributed by atoms with Crippen LogP contribution in [0.5, 0.6) is 0 Å². The van der Waals surface area contributed by atoms with Gasteiger partial charge < -0.3 is 10.5 Å². The SMILES string of the molecule is CCOC(=O)Cc1cc(C(F)F)c(C)nc1CN. The third kappa shape index (κ3) is 3.46. The molecule has 0 spiro atoms. The van der Waals surface area contributed by atoms with Gasteiger partial charge in [-0.15, -0.1) is 0 Å². The molecule has 2 N–H and O–H groups in total. The van der Waals surface area contributed by atoms with Gasteiger partial charge in [0.15, 0.2) is 0 Å². The van der Waals surface area contributed by atoms with Gasteiger partial charge in [0.25, 0.3) is 6.43 Å². The first-order valence-corrected chi connectivity index (χ1v) is 5.62. The molecule has 0 aliphatic heterocycles. The molecule has 1 heterocycles. The fourth-order valence-electron chi connectivity index (χ4n) is 1.63. The van der Waals surface area contributed by atoms with E-state index in [0.29, 0.717) is 11.3 Å². The molecular formula is C12H16F2N2O2. The number of carbonyl (C=O) groups is 1. The van der Waals surface area contributed by atoms with Crippen LogP contribution in [0.15, 0.2) is 6.07 Å². The van der Waals surface area contributed by atoms with Crippen LogP contribution in [0.3, 0.4) is 0 Å². The minimum Gasteiger partial charge on any atom is -0.466 e. The van der Waals surface area contributed by atoms with E-state index in [4.69, 9.17) is 10.5 Å². The summed E-state index contributed by atoms with van der Waals surface area (Å²) in [7, 11) is 0. The van der Waals surface area contributed by atoms with Crippen LogP contribution in [-0.2, 0) is 22.5 Å². The van der Waals surface area contributed by atoms with E-state index in [2.05, 4.69) is 4.98 Å². The van der Waals surface area contributed by atoms with Crippen molar-refractivity contribution in [3.8, 4) is 0 Å². The maximum absolute atomic E-state index is 12.7. The summed E-state index contributed by atoms with van der Waals surface area (Å²) in [4.78, 5) is 15.4. The first-order valence-electron chi connectivity index (χ1n) is 5.62. The van der Waals surface area contributed by atoms with Crippen molar-refractivity contribution in [3.05, 3.63) is 28.6 Å². The van der Waals surface area contributed by atoms with Crippen LogP contribution in [0.2, 0.25) is 0 Å². The summed E-state index contributed by atoms with van der Waals surface area (Å²) in [6.45, 7) is 3.52. The summed E-state index contributed by atoms with van der Waals surface area (Å²) in [6, 6.07) is 1.28. The Kier molecular flexibility index (Phi) is 5.15. The Morgan fingerprint density at radius 2 is 2.22 bits per heavy atom. The Morgan fingerprint density at radius 1 is 1.56 bits per heavy atom. The number of hydrogen-bond donors (Lipinski definition) is 1. The average Bonchev–Trinajstić information content (AvgIpc) is 2.30. The molecule has 6 heteroatoms. The lowest BCUT2D eigenvalue weighted by atomic mass is 10.1. The fraction of sp³-hybridized carbons (Fsp3) is 0.500.